The van der Waals surface area contributed by atoms with E-state index in [1.807, 2.05) is 0 Å². The summed E-state index contributed by atoms with van der Waals surface area (Å²) in [4.78, 5) is 12.7. The number of carbonyl (C=O) groups excluding carboxylic acids is 1. The van der Waals surface area contributed by atoms with E-state index in [2.05, 4.69) is 13.8 Å². The van der Waals surface area contributed by atoms with E-state index in [4.69, 9.17) is 5.73 Å². The standard InChI is InChI=1S/C13H27N2O/c1-3-5-7-9-11-15(13(14)16)12-10-8-6-4-2/h14H,3-12H2,1-2H3. The lowest BCUT2D eigenvalue weighted by Gasteiger charge is -2.19. The number of carbonyl (C=O) groups is 1. The largest absolute Gasteiger partial charge is 0.336 e. The van der Waals surface area contributed by atoms with Gasteiger partial charge < -0.3 is 4.90 Å². The maximum atomic E-state index is 11.1. The van der Waals surface area contributed by atoms with Crippen molar-refractivity contribution in [1.29, 1.82) is 0 Å². The van der Waals surface area contributed by atoms with E-state index in [-0.39, 0.29) is 0 Å². The second kappa shape index (κ2) is 10.8. The van der Waals surface area contributed by atoms with Gasteiger partial charge in [0.1, 0.15) is 0 Å². The Morgan fingerprint density at radius 1 is 0.875 bits per heavy atom. The highest BCUT2D eigenvalue weighted by Crippen LogP contribution is 2.05. The minimum Gasteiger partial charge on any atom is -0.323 e. The zero-order valence-electron chi connectivity index (χ0n) is 10.9. The minimum absolute atomic E-state index is 0.506. The van der Waals surface area contributed by atoms with Crippen molar-refractivity contribution < 1.29 is 4.79 Å². The average Bonchev–Trinajstić information content (AvgIpc) is 2.26. The quantitative estimate of drug-likeness (QED) is 0.523. The van der Waals surface area contributed by atoms with Crippen LogP contribution in [0.2, 0.25) is 0 Å². The SMILES string of the molecule is CCCCCCN(CCCCCC)C([NH])=O. The molecule has 0 rings (SSSR count). The monoisotopic (exact) mass is 227 g/mol. The van der Waals surface area contributed by atoms with E-state index in [1.165, 1.54) is 38.5 Å². The van der Waals surface area contributed by atoms with Gasteiger partial charge in [-0.05, 0) is 12.8 Å². The molecule has 1 N–H and O–H groups in total. The highest BCUT2D eigenvalue weighted by Gasteiger charge is 2.08. The van der Waals surface area contributed by atoms with Gasteiger partial charge >= 0.3 is 6.03 Å². The van der Waals surface area contributed by atoms with E-state index < -0.39 is 6.03 Å². The van der Waals surface area contributed by atoms with Crippen LogP contribution in [0.5, 0.6) is 0 Å². The first-order valence-electron chi connectivity index (χ1n) is 6.72. The molecule has 16 heavy (non-hydrogen) atoms. The Bertz CT molecular complexity index is 159. The van der Waals surface area contributed by atoms with Crippen LogP contribution in [-0.4, -0.2) is 24.0 Å². The van der Waals surface area contributed by atoms with Gasteiger partial charge in [0, 0.05) is 13.1 Å². The molecule has 0 aromatic heterocycles. The maximum Gasteiger partial charge on any atom is 0.336 e. The molecule has 3 nitrogen and oxygen atoms in total. The third-order valence-electron chi connectivity index (χ3n) is 2.85. The lowest BCUT2D eigenvalue weighted by Crippen LogP contribution is -2.32. The molecule has 0 saturated carbocycles. The number of amides is 2. The Balaban J connectivity index is 3.59. The Labute approximate surface area is 100 Å². The molecule has 0 aromatic carbocycles. The summed E-state index contributed by atoms with van der Waals surface area (Å²) >= 11 is 0. The van der Waals surface area contributed by atoms with Gasteiger partial charge in [-0.25, -0.2) is 10.5 Å². The molecule has 0 atom stereocenters. The summed E-state index contributed by atoms with van der Waals surface area (Å²) < 4.78 is 0. The number of nitrogens with one attached hydrogen (secondary N) is 1. The summed E-state index contributed by atoms with van der Waals surface area (Å²) in [6, 6.07) is -0.506. The fourth-order valence-electron chi connectivity index (χ4n) is 1.77. The van der Waals surface area contributed by atoms with Gasteiger partial charge in [-0.1, -0.05) is 52.4 Å². The van der Waals surface area contributed by atoms with Gasteiger partial charge in [-0.2, -0.15) is 0 Å². The molecule has 0 fully saturated rings. The molecule has 0 spiro atoms. The molecule has 1 radical (unpaired) electrons. The summed E-state index contributed by atoms with van der Waals surface area (Å²) in [6.07, 6.45) is 9.34. The molecule has 0 aromatic rings. The van der Waals surface area contributed by atoms with Gasteiger partial charge in [0.15, 0.2) is 0 Å². The van der Waals surface area contributed by atoms with E-state index >= 15 is 0 Å². The first-order chi connectivity index (χ1) is 7.72. The maximum absolute atomic E-state index is 11.1. The van der Waals surface area contributed by atoms with E-state index in [0.29, 0.717) is 0 Å². The van der Waals surface area contributed by atoms with Crippen molar-refractivity contribution >= 4 is 6.03 Å². The van der Waals surface area contributed by atoms with E-state index in [0.717, 1.165) is 25.9 Å². The number of rotatable bonds is 10. The number of unbranched alkanes of at least 4 members (excludes halogenated alkanes) is 6. The van der Waals surface area contributed by atoms with E-state index in [1.54, 1.807) is 4.90 Å². The molecule has 0 heterocycles. The molecule has 0 bridgehead atoms. The zero-order chi connectivity index (χ0) is 12.2. The number of hydrogen-bond donors (Lipinski definition) is 0. The van der Waals surface area contributed by atoms with Crippen molar-refractivity contribution in [3.8, 4) is 0 Å². The fourth-order valence-corrected chi connectivity index (χ4v) is 1.77. The number of nitrogens with zero attached hydrogens (tertiary/aromatic N) is 1. The Hall–Kier alpha value is -0.730. The summed E-state index contributed by atoms with van der Waals surface area (Å²) in [5, 5.41) is 0. The van der Waals surface area contributed by atoms with Crippen molar-refractivity contribution in [1.82, 2.24) is 10.6 Å². The molecular weight excluding hydrogens is 200 g/mol. The molecule has 3 heteroatoms. The topological polar surface area (TPSA) is 44.1 Å². The Morgan fingerprint density at radius 3 is 1.62 bits per heavy atom. The first kappa shape index (κ1) is 15.3. The predicted octanol–water partition coefficient (Wildman–Crippen LogP) is 3.85. The average molecular weight is 227 g/mol. The van der Waals surface area contributed by atoms with Gasteiger partial charge in [-0.3, -0.25) is 0 Å². The van der Waals surface area contributed by atoms with Crippen LogP contribution in [0.3, 0.4) is 0 Å². The summed E-state index contributed by atoms with van der Waals surface area (Å²) in [6.45, 7) is 5.90. The van der Waals surface area contributed by atoms with Crippen molar-refractivity contribution in [2.75, 3.05) is 13.1 Å². The van der Waals surface area contributed by atoms with Crippen LogP contribution in [0.25, 0.3) is 0 Å². The van der Waals surface area contributed by atoms with Crippen LogP contribution in [0, 0.1) is 0 Å². The third kappa shape index (κ3) is 8.57. The van der Waals surface area contributed by atoms with Crippen LogP contribution in [0.4, 0.5) is 4.79 Å². The summed E-state index contributed by atoms with van der Waals surface area (Å²) in [7, 11) is 0. The molecule has 2 amide bonds. The zero-order valence-corrected chi connectivity index (χ0v) is 10.9. The van der Waals surface area contributed by atoms with Gasteiger partial charge in [0.05, 0.1) is 0 Å². The van der Waals surface area contributed by atoms with Gasteiger partial charge in [0.25, 0.3) is 0 Å². The third-order valence-corrected chi connectivity index (χ3v) is 2.85. The first-order valence-corrected chi connectivity index (χ1v) is 6.72. The van der Waals surface area contributed by atoms with Crippen LogP contribution in [0.15, 0.2) is 0 Å². The van der Waals surface area contributed by atoms with Crippen LogP contribution < -0.4 is 5.73 Å². The molecule has 0 aliphatic carbocycles. The Morgan fingerprint density at radius 2 is 1.31 bits per heavy atom. The summed E-state index contributed by atoms with van der Waals surface area (Å²) in [5.74, 6) is 0. The lowest BCUT2D eigenvalue weighted by molar-refractivity contribution is 0.203. The van der Waals surface area contributed by atoms with Crippen molar-refractivity contribution in [3.05, 3.63) is 0 Å². The van der Waals surface area contributed by atoms with E-state index in [9.17, 15) is 4.79 Å². The minimum atomic E-state index is -0.506. The molecule has 0 aliphatic heterocycles. The molecule has 0 aliphatic rings. The highest BCUT2D eigenvalue weighted by atomic mass is 16.2. The van der Waals surface area contributed by atoms with Crippen molar-refractivity contribution in [3.63, 3.8) is 0 Å². The second-order valence-corrected chi connectivity index (χ2v) is 4.41. The second-order valence-electron chi connectivity index (χ2n) is 4.41. The Kier molecular flexibility index (Phi) is 10.3. The van der Waals surface area contributed by atoms with Crippen LogP contribution in [0.1, 0.15) is 65.2 Å². The van der Waals surface area contributed by atoms with Crippen LogP contribution >= 0.6 is 0 Å². The van der Waals surface area contributed by atoms with Crippen molar-refractivity contribution in [2.45, 2.75) is 65.2 Å². The molecule has 95 valence electrons. The van der Waals surface area contributed by atoms with Gasteiger partial charge in [-0.15, -0.1) is 0 Å². The molecular formula is C13H27N2O. The van der Waals surface area contributed by atoms with Crippen molar-refractivity contribution in [2.24, 2.45) is 0 Å². The normalized spacial score (nSPS) is 10.4. The van der Waals surface area contributed by atoms with Gasteiger partial charge in [0.2, 0.25) is 0 Å². The number of hydrogen-bond acceptors (Lipinski definition) is 1. The molecule has 0 saturated heterocycles. The summed E-state index contributed by atoms with van der Waals surface area (Å²) in [5.41, 5.74) is 7.18. The fraction of sp³-hybridized carbons (Fsp3) is 0.923. The van der Waals surface area contributed by atoms with Crippen LogP contribution in [-0.2, 0) is 0 Å². The lowest BCUT2D eigenvalue weighted by atomic mass is 10.2. The smallest absolute Gasteiger partial charge is 0.323 e. The highest BCUT2D eigenvalue weighted by molar-refractivity contribution is 5.71. The predicted molar refractivity (Wildman–Crippen MR) is 68.3 cm³/mol. The number of urea groups is 1. The molecule has 0 unspecified atom stereocenters.